The van der Waals surface area contributed by atoms with Crippen molar-refractivity contribution in [3.05, 3.63) is 0 Å². The smallest absolute Gasteiger partial charge is 0.138 e. The van der Waals surface area contributed by atoms with E-state index in [1.54, 1.807) is 0 Å². The van der Waals surface area contributed by atoms with Gasteiger partial charge in [0.1, 0.15) is 5.78 Å². The Bertz CT molecular complexity index is 312. The van der Waals surface area contributed by atoms with Crippen LogP contribution in [0.4, 0.5) is 0 Å². The lowest BCUT2D eigenvalue weighted by Gasteiger charge is -2.46. The molecule has 3 saturated carbocycles. The van der Waals surface area contributed by atoms with Crippen LogP contribution in [0.15, 0.2) is 0 Å². The highest BCUT2D eigenvalue weighted by molar-refractivity contribution is 5.84. The average Bonchev–Trinajstić information content (AvgIpc) is 2.33. The molecular formula is C19H34O. The second-order valence-corrected chi connectivity index (χ2v) is 8.10. The molecule has 0 aromatic carbocycles. The molecular weight excluding hydrogens is 244 g/mol. The van der Waals surface area contributed by atoms with Crippen LogP contribution in [0.25, 0.3) is 0 Å². The summed E-state index contributed by atoms with van der Waals surface area (Å²) in [5.74, 6) is 3.17. The van der Waals surface area contributed by atoms with Gasteiger partial charge in [-0.1, -0.05) is 46.5 Å². The Morgan fingerprint density at radius 1 is 1.00 bits per heavy atom. The molecule has 3 aliphatic carbocycles. The molecule has 2 unspecified atom stereocenters. The Kier molecular flexibility index (Phi) is 5.69. The van der Waals surface area contributed by atoms with Crippen LogP contribution in [0.1, 0.15) is 91.4 Å². The van der Waals surface area contributed by atoms with E-state index in [2.05, 4.69) is 20.8 Å². The Morgan fingerprint density at radius 2 is 1.70 bits per heavy atom. The van der Waals surface area contributed by atoms with Gasteiger partial charge >= 0.3 is 0 Å². The maximum absolute atomic E-state index is 12.7. The summed E-state index contributed by atoms with van der Waals surface area (Å²) in [7, 11) is 0. The fourth-order valence-electron chi connectivity index (χ4n) is 4.79. The first kappa shape index (κ1) is 16.0. The fourth-order valence-corrected chi connectivity index (χ4v) is 4.79. The predicted octanol–water partition coefficient (Wildman–Crippen LogP) is 5.77. The minimum Gasteiger partial charge on any atom is -0.299 e. The summed E-state index contributed by atoms with van der Waals surface area (Å²) in [6.45, 7) is 6.88. The number of carbonyl (C=O) groups excluding carboxylic acids is 1. The topological polar surface area (TPSA) is 17.1 Å². The van der Waals surface area contributed by atoms with Gasteiger partial charge < -0.3 is 0 Å². The molecule has 2 atom stereocenters. The molecule has 0 aromatic heterocycles. The van der Waals surface area contributed by atoms with Gasteiger partial charge in [-0.05, 0) is 56.3 Å². The summed E-state index contributed by atoms with van der Waals surface area (Å²) < 4.78 is 0. The largest absolute Gasteiger partial charge is 0.299 e. The first-order valence-electron chi connectivity index (χ1n) is 9.07. The van der Waals surface area contributed by atoms with Gasteiger partial charge in [-0.3, -0.25) is 4.79 Å². The first-order valence-corrected chi connectivity index (χ1v) is 9.07. The number of fused-ring (bicyclic) bond motifs is 4. The summed E-state index contributed by atoms with van der Waals surface area (Å²) in [6, 6.07) is 0. The van der Waals surface area contributed by atoms with Gasteiger partial charge in [0.2, 0.25) is 0 Å². The third kappa shape index (κ3) is 4.09. The van der Waals surface area contributed by atoms with E-state index < -0.39 is 0 Å². The SMILES string of the molecule is CCCCCCCC(=O)C1(C)CC(C)CC2CC(C2)C1. The summed E-state index contributed by atoms with van der Waals surface area (Å²) in [4.78, 5) is 12.7. The number of hydrogen-bond acceptors (Lipinski definition) is 1. The standard InChI is InChI=1S/C19H34O/c1-4-5-6-7-8-9-18(20)19(3)13-15(2)10-16-11-17(12-16)14-19/h15-17H,4-14H2,1-3H3. The molecule has 2 bridgehead atoms. The minimum atomic E-state index is 0.000228. The van der Waals surface area contributed by atoms with Crippen molar-refractivity contribution in [1.29, 1.82) is 0 Å². The fraction of sp³-hybridized carbons (Fsp3) is 0.947. The lowest BCUT2D eigenvalue weighted by Crippen LogP contribution is -2.40. The summed E-state index contributed by atoms with van der Waals surface area (Å²) >= 11 is 0. The molecule has 1 heteroatoms. The van der Waals surface area contributed by atoms with Gasteiger partial charge in [0.05, 0.1) is 0 Å². The van der Waals surface area contributed by atoms with Crippen LogP contribution in [0.5, 0.6) is 0 Å². The van der Waals surface area contributed by atoms with E-state index in [0.29, 0.717) is 5.78 Å². The molecule has 0 aliphatic heterocycles. The zero-order chi connectivity index (χ0) is 14.6. The van der Waals surface area contributed by atoms with Crippen molar-refractivity contribution in [3.63, 3.8) is 0 Å². The van der Waals surface area contributed by atoms with Crippen LogP contribution in [-0.4, -0.2) is 5.78 Å². The molecule has 0 amide bonds. The van der Waals surface area contributed by atoms with E-state index in [4.69, 9.17) is 0 Å². The van der Waals surface area contributed by atoms with Crippen LogP contribution in [0, 0.1) is 23.2 Å². The van der Waals surface area contributed by atoms with E-state index >= 15 is 0 Å². The van der Waals surface area contributed by atoms with E-state index in [0.717, 1.165) is 37.0 Å². The van der Waals surface area contributed by atoms with Gasteiger partial charge in [0.15, 0.2) is 0 Å². The number of rotatable bonds is 7. The van der Waals surface area contributed by atoms with Crippen molar-refractivity contribution in [2.24, 2.45) is 23.2 Å². The van der Waals surface area contributed by atoms with E-state index in [1.807, 2.05) is 0 Å². The van der Waals surface area contributed by atoms with Crippen molar-refractivity contribution in [2.75, 3.05) is 0 Å². The maximum atomic E-state index is 12.7. The molecule has 0 saturated heterocycles. The van der Waals surface area contributed by atoms with Gasteiger partial charge in [-0.2, -0.15) is 0 Å². The zero-order valence-corrected chi connectivity index (χ0v) is 13.9. The van der Waals surface area contributed by atoms with E-state index in [9.17, 15) is 4.79 Å². The van der Waals surface area contributed by atoms with Crippen molar-refractivity contribution < 1.29 is 4.79 Å². The van der Waals surface area contributed by atoms with Crippen molar-refractivity contribution >= 4 is 5.78 Å². The summed E-state index contributed by atoms with van der Waals surface area (Å²) in [5, 5.41) is 0. The van der Waals surface area contributed by atoms with Crippen LogP contribution in [0.2, 0.25) is 0 Å². The van der Waals surface area contributed by atoms with Crippen molar-refractivity contribution in [3.8, 4) is 0 Å². The summed E-state index contributed by atoms with van der Waals surface area (Å²) in [6.07, 6.45) is 13.6. The Morgan fingerprint density at radius 3 is 2.40 bits per heavy atom. The normalized spacial score (nSPS) is 36.9. The minimum absolute atomic E-state index is 0.000228. The second kappa shape index (κ2) is 7.09. The molecule has 0 N–H and O–H groups in total. The third-order valence-corrected chi connectivity index (χ3v) is 5.79. The van der Waals surface area contributed by atoms with Crippen LogP contribution < -0.4 is 0 Å². The molecule has 1 nitrogen and oxygen atoms in total. The molecule has 3 rings (SSSR count). The Balaban J connectivity index is 1.81. The number of carbonyl (C=O) groups is 1. The Labute approximate surface area is 125 Å². The van der Waals surface area contributed by atoms with Gasteiger partial charge in [0, 0.05) is 11.8 Å². The number of unbranched alkanes of at least 4 members (excludes halogenated alkanes) is 4. The average molecular weight is 278 g/mol. The highest BCUT2D eigenvalue weighted by atomic mass is 16.1. The number of ketones is 1. The Hall–Kier alpha value is -0.330. The number of Topliss-reactive ketones (excluding diaryl/α,β-unsaturated/α-hetero) is 1. The third-order valence-electron chi connectivity index (χ3n) is 5.79. The molecule has 0 radical (unpaired) electrons. The molecule has 20 heavy (non-hydrogen) atoms. The van der Waals surface area contributed by atoms with Gasteiger partial charge in [0.25, 0.3) is 0 Å². The first-order chi connectivity index (χ1) is 9.53. The van der Waals surface area contributed by atoms with E-state index in [-0.39, 0.29) is 5.41 Å². The van der Waals surface area contributed by atoms with Crippen LogP contribution in [0.3, 0.4) is 0 Å². The monoisotopic (exact) mass is 278 g/mol. The molecule has 0 heterocycles. The molecule has 0 aromatic rings. The van der Waals surface area contributed by atoms with Crippen molar-refractivity contribution in [1.82, 2.24) is 0 Å². The van der Waals surface area contributed by atoms with Crippen molar-refractivity contribution in [2.45, 2.75) is 91.4 Å². The molecule has 0 spiro atoms. The van der Waals surface area contributed by atoms with Gasteiger partial charge in [-0.15, -0.1) is 0 Å². The quantitative estimate of drug-likeness (QED) is 0.540. The maximum Gasteiger partial charge on any atom is 0.138 e. The van der Waals surface area contributed by atoms with Crippen LogP contribution in [-0.2, 0) is 4.79 Å². The van der Waals surface area contributed by atoms with Gasteiger partial charge in [-0.25, -0.2) is 0 Å². The number of hydrogen-bond donors (Lipinski definition) is 0. The molecule has 3 aliphatic rings. The highest BCUT2D eigenvalue weighted by Gasteiger charge is 2.43. The summed E-state index contributed by atoms with van der Waals surface area (Å²) in [5.41, 5.74) is 0.000228. The van der Waals surface area contributed by atoms with E-state index in [1.165, 1.54) is 51.4 Å². The lowest BCUT2D eigenvalue weighted by atomic mass is 9.58. The van der Waals surface area contributed by atoms with Crippen LogP contribution >= 0.6 is 0 Å². The molecule has 116 valence electrons. The second-order valence-electron chi connectivity index (χ2n) is 8.10. The highest BCUT2D eigenvalue weighted by Crippen LogP contribution is 2.50. The predicted molar refractivity (Wildman–Crippen MR) is 85.7 cm³/mol. The lowest BCUT2D eigenvalue weighted by molar-refractivity contribution is -0.132. The molecule has 3 fully saturated rings. The zero-order valence-electron chi connectivity index (χ0n) is 13.9.